The van der Waals surface area contributed by atoms with E-state index in [4.69, 9.17) is 9.47 Å². The number of nitrogens with zero attached hydrogens (tertiary/aromatic N) is 1. The molecule has 0 radical (unpaired) electrons. The Balaban J connectivity index is 2.24. The van der Waals surface area contributed by atoms with Crippen LogP contribution < -0.4 is 9.47 Å². The average Bonchev–Trinajstić information content (AvgIpc) is 2.92. The molecule has 0 amide bonds. The molecule has 0 N–H and O–H groups in total. The molecular formula is C19H30NO2Si+. The Morgan fingerprint density at radius 3 is 2.48 bits per heavy atom. The molecule has 0 unspecified atom stereocenters. The molecule has 1 aliphatic heterocycles. The van der Waals surface area contributed by atoms with Gasteiger partial charge in [-0.15, -0.1) is 0 Å². The number of rotatable bonds is 7. The van der Waals surface area contributed by atoms with Crippen LogP contribution in [0.4, 0.5) is 0 Å². The molecule has 0 bridgehead atoms. The van der Waals surface area contributed by atoms with Crippen LogP contribution in [0.2, 0.25) is 25.7 Å². The highest BCUT2D eigenvalue weighted by Crippen LogP contribution is 2.29. The molecule has 0 spiro atoms. The second-order valence-electron chi connectivity index (χ2n) is 7.53. The van der Waals surface area contributed by atoms with Gasteiger partial charge in [0, 0.05) is 26.5 Å². The summed E-state index contributed by atoms with van der Waals surface area (Å²) in [6.07, 6.45) is 2.33. The van der Waals surface area contributed by atoms with E-state index in [0.717, 1.165) is 31.0 Å². The van der Waals surface area contributed by atoms with Crippen molar-refractivity contribution in [3.63, 3.8) is 0 Å². The quantitative estimate of drug-likeness (QED) is 0.424. The molecule has 2 rings (SSSR count). The van der Waals surface area contributed by atoms with Gasteiger partial charge in [-0.3, -0.25) is 0 Å². The summed E-state index contributed by atoms with van der Waals surface area (Å²) < 4.78 is 13.3. The molecule has 0 aromatic heterocycles. The summed E-state index contributed by atoms with van der Waals surface area (Å²) in [4.78, 5) is 0. The van der Waals surface area contributed by atoms with Crippen molar-refractivity contribution in [2.24, 2.45) is 0 Å². The molecular weight excluding hydrogens is 302 g/mol. The van der Waals surface area contributed by atoms with Crippen LogP contribution in [0, 0.1) is 0 Å². The number of hydrogen-bond donors (Lipinski definition) is 0. The molecule has 0 aliphatic carbocycles. The molecule has 1 aromatic rings. The summed E-state index contributed by atoms with van der Waals surface area (Å²) in [6, 6.07) is 7.42. The van der Waals surface area contributed by atoms with E-state index >= 15 is 0 Å². The molecule has 23 heavy (non-hydrogen) atoms. The van der Waals surface area contributed by atoms with E-state index in [1.54, 1.807) is 14.2 Å². The van der Waals surface area contributed by atoms with Crippen molar-refractivity contribution in [3.05, 3.63) is 35.9 Å². The average molecular weight is 333 g/mol. The highest BCUT2D eigenvalue weighted by atomic mass is 28.3. The first-order valence-corrected chi connectivity index (χ1v) is 12.0. The van der Waals surface area contributed by atoms with Crippen LogP contribution in [-0.4, -0.2) is 45.7 Å². The van der Waals surface area contributed by atoms with Crippen LogP contribution in [-0.2, 0) is 0 Å². The molecule has 1 aromatic carbocycles. The van der Waals surface area contributed by atoms with Crippen LogP contribution in [0.25, 0.3) is 0 Å². The molecule has 0 atom stereocenters. The highest BCUT2D eigenvalue weighted by Gasteiger charge is 2.26. The fraction of sp³-hybridized carbons (Fsp3) is 0.526. The van der Waals surface area contributed by atoms with E-state index in [1.807, 2.05) is 6.07 Å². The van der Waals surface area contributed by atoms with Gasteiger partial charge in [-0.05, 0) is 29.8 Å². The highest BCUT2D eigenvalue weighted by molar-refractivity contribution is 6.76. The van der Waals surface area contributed by atoms with Gasteiger partial charge in [-0.25, -0.2) is 4.58 Å². The molecule has 126 valence electrons. The van der Waals surface area contributed by atoms with Gasteiger partial charge in [0.05, 0.1) is 14.2 Å². The third kappa shape index (κ3) is 4.71. The predicted molar refractivity (Wildman–Crippen MR) is 100 cm³/mol. The van der Waals surface area contributed by atoms with Gasteiger partial charge in [0.1, 0.15) is 6.54 Å². The Morgan fingerprint density at radius 1 is 1.17 bits per heavy atom. The summed E-state index contributed by atoms with van der Waals surface area (Å²) in [7, 11) is 2.27. The van der Waals surface area contributed by atoms with Crippen LogP contribution in [0.1, 0.15) is 18.4 Å². The van der Waals surface area contributed by atoms with E-state index in [9.17, 15) is 0 Å². The van der Waals surface area contributed by atoms with Gasteiger partial charge in [0.2, 0.25) is 0 Å². The summed E-state index contributed by atoms with van der Waals surface area (Å²) in [5, 5.41) is 0. The first kappa shape index (κ1) is 17.8. The zero-order valence-corrected chi connectivity index (χ0v) is 16.2. The van der Waals surface area contributed by atoms with Gasteiger partial charge in [0.15, 0.2) is 23.8 Å². The molecule has 4 heteroatoms. The second kappa shape index (κ2) is 7.34. The maximum Gasteiger partial charge on any atom is 0.183 e. The van der Waals surface area contributed by atoms with Crippen LogP contribution >= 0.6 is 0 Å². The van der Waals surface area contributed by atoms with Gasteiger partial charge in [-0.2, -0.15) is 0 Å². The molecule has 1 heterocycles. The Kier molecular flexibility index (Phi) is 5.68. The fourth-order valence-corrected chi connectivity index (χ4v) is 4.94. The van der Waals surface area contributed by atoms with Crippen molar-refractivity contribution in [1.29, 1.82) is 0 Å². The molecule has 3 nitrogen and oxygen atoms in total. The van der Waals surface area contributed by atoms with Crippen LogP contribution in [0.5, 0.6) is 11.5 Å². The molecule has 0 saturated carbocycles. The summed E-state index contributed by atoms with van der Waals surface area (Å²) in [5.41, 5.74) is 4.01. The normalized spacial score (nSPS) is 15.0. The smallest absolute Gasteiger partial charge is 0.183 e. The third-order valence-electron chi connectivity index (χ3n) is 4.13. The predicted octanol–water partition coefficient (Wildman–Crippen LogP) is 4.19. The van der Waals surface area contributed by atoms with E-state index in [0.29, 0.717) is 0 Å². The van der Waals surface area contributed by atoms with E-state index in [-0.39, 0.29) is 0 Å². The SMILES string of the molecule is C=C(C[N+]1=C(c2ccc(OC)c(OC)c2)CCC1)C[Si](C)(C)C. The lowest BCUT2D eigenvalue weighted by Crippen LogP contribution is -2.25. The Hall–Kier alpha value is -1.55. The largest absolute Gasteiger partial charge is 0.493 e. The minimum atomic E-state index is -1.09. The van der Waals surface area contributed by atoms with Crippen LogP contribution in [0.15, 0.2) is 30.4 Å². The first-order chi connectivity index (χ1) is 10.8. The van der Waals surface area contributed by atoms with Crippen molar-refractivity contribution < 1.29 is 14.0 Å². The summed E-state index contributed by atoms with van der Waals surface area (Å²) in [5.74, 6) is 1.58. The molecule has 0 saturated heterocycles. The Morgan fingerprint density at radius 2 is 1.87 bits per heavy atom. The van der Waals surface area contributed by atoms with Crippen LogP contribution in [0.3, 0.4) is 0 Å². The molecule has 1 aliphatic rings. The Bertz CT molecular complexity index is 614. The van der Waals surface area contributed by atoms with Gasteiger partial charge in [0.25, 0.3) is 0 Å². The van der Waals surface area contributed by atoms with Gasteiger partial charge >= 0.3 is 0 Å². The minimum Gasteiger partial charge on any atom is -0.493 e. The lowest BCUT2D eigenvalue weighted by atomic mass is 10.1. The maximum atomic E-state index is 5.45. The lowest BCUT2D eigenvalue weighted by molar-refractivity contribution is -0.511. The van der Waals surface area contributed by atoms with Crippen molar-refractivity contribution in [2.75, 3.05) is 27.3 Å². The number of methoxy groups -OCH3 is 2. The van der Waals surface area contributed by atoms with Gasteiger partial charge in [-0.1, -0.05) is 26.2 Å². The monoisotopic (exact) mass is 332 g/mol. The number of ether oxygens (including phenoxy) is 2. The minimum absolute atomic E-state index is 0.782. The first-order valence-electron chi connectivity index (χ1n) is 8.34. The molecule has 0 fully saturated rings. The standard InChI is InChI=1S/C19H30NO2Si/c1-15(14-23(4,5)6)13-20-11-7-8-17(20)16-9-10-18(21-2)19(12-16)22-3/h9-10,12H,1,7-8,11,13-14H2,2-6H3/q+1. The van der Waals surface area contributed by atoms with Crippen molar-refractivity contribution in [3.8, 4) is 11.5 Å². The van der Waals surface area contributed by atoms with E-state index in [2.05, 4.69) is 42.9 Å². The lowest BCUT2D eigenvalue weighted by Gasteiger charge is -2.16. The van der Waals surface area contributed by atoms with Gasteiger partial charge < -0.3 is 9.47 Å². The van der Waals surface area contributed by atoms with Crippen molar-refractivity contribution >= 4 is 13.8 Å². The zero-order chi connectivity index (χ0) is 17.0. The summed E-state index contributed by atoms with van der Waals surface area (Å²) >= 11 is 0. The Labute approximate surface area is 141 Å². The summed E-state index contributed by atoms with van der Waals surface area (Å²) in [6.45, 7) is 13.6. The number of benzene rings is 1. The van der Waals surface area contributed by atoms with Crippen molar-refractivity contribution in [1.82, 2.24) is 0 Å². The second-order valence-corrected chi connectivity index (χ2v) is 13.0. The zero-order valence-electron chi connectivity index (χ0n) is 15.2. The number of hydrogen-bond acceptors (Lipinski definition) is 2. The van der Waals surface area contributed by atoms with Crippen molar-refractivity contribution in [2.45, 2.75) is 38.5 Å². The topological polar surface area (TPSA) is 21.5 Å². The maximum absolute atomic E-state index is 5.45. The van der Waals surface area contributed by atoms with E-state index < -0.39 is 8.07 Å². The third-order valence-corrected chi connectivity index (χ3v) is 5.70. The van der Waals surface area contributed by atoms with E-state index in [1.165, 1.54) is 29.3 Å². The fourth-order valence-electron chi connectivity index (χ4n) is 3.32.